The number of aliphatic imine (C=N–C) groups is 1. The Morgan fingerprint density at radius 2 is 2.36 bits per heavy atom. The van der Waals surface area contributed by atoms with Gasteiger partial charge >= 0.3 is 0 Å². The fourth-order valence-electron chi connectivity index (χ4n) is 2.33. The van der Waals surface area contributed by atoms with E-state index < -0.39 is 0 Å². The molecule has 1 aliphatic heterocycles. The van der Waals surface area contributed by atoms with Crippen molar-refractivity contribution in [2.24, 2.45) is 10.7 Å². The van der Waals surface area contributed by atoms with Crippen molar-refractivity contribution in [3.8, 4) is 0 Å². The maximum atomic E-state index is 11.8. The highest BCUT2D eigenvalue weighted by atomic mass is 32.1. The summed E-state index contributed by atoms with van der Waals surface area (Å²) in [6.45, 7) is 1.26. The van der Waals surface area contributed by atoms with Crippen LogP contribution in [0.4, 0.5) is 0 Å². The normalized spacial score (nSPS) is 21.8. The predicted octanol–water partition coefficient (Wildman–Crippen LogP) is 0.831. The number of nitrogens with two attached hydrogens (primary N) is 1. The number of hydrogen-bond acceptors (Lipinski definition) is 4. The third-order valence-electron chi connectivity index (χ3n) is 3.55. The monoisotopic (exact) mass is 324 g/mol. The van der Waals surface area contributed by atoms with Gasteiger partial charge in [-0.25, -0.2) is 0 Å². The van der Waals surface area contributed by atoms with Gasteiger partial charge < -0.3 is 20.7 Å². The number of rotatable bonds is 6. The number of nitrogens with one attached hydrogen (secondary N) is 1. The van der Waals surface area contributed by atoms with E-state index in [2.05, 4.69) is 21.8 Å². The lowest BCUT2D eigenvalue weighted by molar-refractivity contribution is -0.140. The van der Waals surface area contributed by atoms with Crippen LogP contribution in [-0.2, 0) is 16.0 Å². The first kappa shape index (κ1) is 16.8. The number of ether oxygens (including phenoxy) is 1. The second-order valence-electron chi connectivity index (χ2n) is 5.54. The number of amides is 1. The van der Waals surface area contributed by atoms with E-state index in [1.54, 1.807) is 30.3 Å². The van der Waals surface area contributed by atoms with Crippen molar-refractivity contribution in [2.75, 3.05) is 27.2 Å². The molecule has 2 rings (SSSR count). The molecule has 0 aromatic carbocycles. The van der Waals surface area contributed by atoms with Gasteiger partial charge in [0.15, 0.2) is 5.96 Å². The molecule has 1 fully saturated rings. The minimum Gasteiger partial charge on any atom is -0.370 e. The van der Waals surface area contributed by atoms with Gasteiger partial charge in [0.2, 0.25) is 0 Å². The number of carbonyl (C=O) groups excluding carboxylic acids is 1. The lowest BCUT2D eigenvalue weighted by Crippen LogP contribution is -2.35. The Morgan fingerprint density at radius 1 is 1.55 bits per heavy atom. The van der Waals surface area contributed by atoms with Crippen LogP contribution in [0.3, 0.4) is 0 Å². The summed E-state index contributed by atoms with van der Waals surface area (Å²) >= 11 is 1.74. The fourth-order valence-corrected chi connectivity index (χ4v) is 3.04. The maximum Gasteiger partial charge on any atom is 0.251 e. The molecule has 1 amide bonds. The number of hydrogen-bond donors (Lipinski definition) is 2. The van der Waals surface area contributed by atoms with Gasteiger partial charge in [-0.15, -0.1) is 11.3 Å². The second kappa shape index (κ2) is 8.14. The van der Waals surface area contributed by atoms with Crippen molar-refractivity contribution >= 4 is 23.2 Å². The summed E-state index contributed by atoms with van der Waals surface area (Å²) < 4.78 is 5.72. The summed E-state index contributed by atoms with van der Waals surface area (Å²) in [4.78, 5) is 19.0. The average Bonchev–Trinajstić information content (AvgIpc) is 3.15. The topological polar surface area (TPSA) is 80.0 Å². The van der Waals surface area contributed by atoms with Crippen LogP contribution in [-0.4, -0.2) is 56.2 Å². The molecule has 1 aromatic heterocycles. The summed E-state index contributed by atoms with van der Waals surface area (Å²) in [5.74, 6) is 0.455. The smallest absolute Gasteiger partial charge is 0.251 e. The number of carbonyl (C=O) groups is 1. The number of thiophene rings is 1. The minimum atomic E-state index is -0.330. The zero-order valence-electron chi connectivity index (χ0n) is 13.1. The van der Waals surface area contributed by atoms with Crippen molar-refractivity contribution in [2.45, 2.75) is 31.5 Å². The van der Waals surface area contributed by atoms with E-state index in [-0.39, 0.29) is 18.1 Å². The fraction of sp³-hybridized carbons (Fsp3) is 0.600. The Kier molecular flexibility index (Phi) is 6.21. The van der Waals surface area contributed by atoms with Crippen LogP contribution in [0.1, 0.15) is 17.7 Å². The summed E-state index contributed by atoms with van der Waals surface area (Å²) in [5.41, 5.74) is 5.85. The molecule has 0 aliphatic carbocycles. The SMILES string of the molecule is CN(C)C(=O)C1CCC(CN=C(N)NCCc2cccs2)O1. The Labute approximate surface area is 135 Å². The van der Waals surface area contributed by atoms with Gasteiger partial charge in [0, 0.05) is 25.5 Å². The van der Waals surface area contributed by atoms with Crippen LogP contribution in [0.15, 0.2) is 22.5 Å². The largest absolute Gasteiger partial charge is 0.370 e. The highest BCUT2D eigenvalue weighted by Crippen LogP contribution is 2.21. The quantitative estimate of drug-likeness (QED) is 0.600. The number of likely N-dealkylation sites (N-methyl/N-ethyl adjacent to an activating group) is 1. The van der Waals surface area contributed by atoms with Gasteiger partial charge in [-0.3, -0.25) is 9.79 Å². The van der Waals surface area contributed by atoms with E-state index in [0.29, 0.717) is 12.5 Å². The van der Waals surface area contributed by atoms with Gasteiger partial charge in [0.05, 0.1) is 12.6 Å². The molecule has 0 radical (unpaired) electrons. The van der Waals surface area contributed by atoms with E-state index >= 15 is 0 Å². The Balaban J connectivity index is 1.67. The molecule has 7 heteroatoms. The summed E-state index contributed by atoms with van der Waals surface area (Å²) in [5, 5.41) is 5.17. The first-order valence-electron chi connectivity index (χ1n) is 7.49. The van der Waals surface area contributed by atoms with Crippen molar-refractivity contribution in [3.63, 3.8) is 0 Å². The Hall–Kier alpha value is -1.60. The van der Waals surface area contributed by atoms with E-state index in [1.807, 2.05) is 6.07 Å². The van der Waals surface area contributed by atoms with E-state index in [1.165, 1.54) is 4.88 Å². The second-order valence-corrected chi connectivity index (χ2v) is 6.57. The van der Waals surface area contributed by atoms with Crippen molar-refractivity contribution in [3.05, 3.63) is 22.4 Å². The van der Waals surface area contributed by atoms with Crippen LogP contribution in [0.2, 0.25) is 0 Å². The van der Waals surface area contributed by atoms with Gasteiger partial charge in [-0.2, -0.15) is 0 Å². The van der Waals surface area contributed by atoms with E-state index in [0.717, 1.165) is 25.8 Å². The molecule has 122 valence electrons. The van der Waals surface area contributed by atoms with Gasteiger partial charge in [-0.1, -0.05) is 6.07 Å². The molecule has 3 N–H and O–H groups in total. The Morgan fingerprint density at radius 3 is 3.05 bits per heavy atom. The lowest BCUT2D eigenvalue weighted by atomic mass is 10.2. The Bertz CT molecular complexity index is 502. The molecule has 1 saturated heterocycles. The van der Waals surface area contributed by atoms with E-state index in [4.69, 9.17) is 10.5 Å². The van der Waals surface area contributed by atoms with Crippen LogP contribution >= 0.6 is 11.3 Å². The first-order chi connectivity index (χ1) is 10.6. The molecular weight excluding hydrogens is 300 g/mol. The summed E-state index contributed by atoms with van der Waals surface area (Å²) in [6.07, 6.45) is 2.18. The first-order valence-corrected chi connectivity index (χ1v) is 8.37. The predicted molar refractivity (Wildman–Crippen MR) is 89.1 cm³/mol. The highest BCUT2D eigenvalue weighted by Gasteiger charge is 2.31. The molecule has 2 unspecified atom stereocenters. The summed E-state index contributed by atoms with van der Waals surface area (Å²) in [6, 6.07) is 4.15. The highest BCUT2D eigenvalue weighted by molar-refractivity contribution is 7.09. The standard InChI is InChI=1S/C15H24N4O2S/c1-19(2)14(20)13-6-5-11(21-13)10-18-15(16)17-8-7-12-4-3-9-22-12/h3-4,9,11,13H,5-8,10H2,1-2H3,(H3,16,17,18). The minimum absolute atomic E-state index is 0.0217. The van der Waals surface area contributed by atoms with E-state index in [9.17, 15) is 4.79 Å². The molecule has 0 spiro atoms. The zero-order chi connectivity index (χ0) is 15.9. The zero-order valence-corrected chi connectivity index (χ0v) is 13.9. The van der Waals surface area contributed by atoms with Crippen molar-refractivity contribution in [1.29, 1.82) is 0 Å². The molecule has 0 saturated carbocycles. The van der Waals surface area contributed by atoms with Crippen LogP contribution in [0.25, 0.3) is 0 Å². The molecule has 2 heterocycles. The molecule has 1 aromatic rings. The molecule has 6 nitrogen and oxygen atoms in total. The third kappa shape index (κ3) is 4.99. The maximum absolute atomic E-state index is 11.8. The van der Waals surface area contributed by atoms with Crippen LogP contribution in [0, 0.1) is 0 Å². The van der Waals surface area contributed by atoms with Crippen molar-refractivity contribution in [1.82, 2.24) is 10.2 Å². The van der Waals surface area contributed by atoms with Gasteiger partial charge in [0.25, 0.3) is 5.91 Å². The molecule has 2 atom stereocenters. The van der Waals surface area contributed by atoms with Crippen LogP contribution in [0.5, 0.6) is 0 Å². The molecule has 0 bridgehead atoms. The van der Waals surface area contributed by atoms with Crippen molar-refractivity contribution < 1.29 is 9.53 Å². The lowest BCUT2D eigenvalue weighted by Gasteiger charge is -2.16. The average molecular weight is 324 g/mol. The van der Waals surface area contributed by atoms with Crippen LogP contribution < -0.4 is 11.1 Å². The molecule has 1 aliphatic rings. The number of guanidine groups is 1. The molecule has 22 heavy (non-hydrogen) atoms. The molecular formula is C15H24N4O2S. The summed E-state index contributed by atoms with van der Waals surface area (Å²) in [7, 11) is 3.49. The number of nitrogens with zero attached hydrogens (tertiary/aromatic N) is 2. The third-order valence-corrected chi connectivity index (χ3v) is 4.48. The van der Waals surface area contributed by atoms with Gasteiger partial charge in [-0.05, 0) is 30.7 Å². The van der Waals surface area contributed by atoms with Gasteiger partial charge in [0.1, 0.15) is 6.10 Å².